The quantitative estimate of drug-likeness (QED) is 0.260. The first-order chi connectivity index (χ1) is 18.7. The van der Waals surface area contributed by atoms with Crippen LogP contribution in [-0.4, -0.2) is 69.4 Å². The fourth-order valence-corrected chi connectivity index (χ4v) is 4.48. The Bertz CT molecular complexity index is 1330. The zero-order chi connectivity index (χ0) is 28.1. The van der Waals surface area contributed by atoms with E-state index in [2.05, 4.69) is 5.32 Å². The second-order valence-electron chi connectivity index (χ2n) is 9.20. The lowest BCUT2D eigenvalue weighted by Crippen LogP contribution is -2.47. The number of amides is 1. The van der Waals surface area contributed by atoms with Gasteiger partial charge in [-0.05, 0) is 61.4 Å². The van der Waals surface area contributed by atoms with Crippen molar-refractivity contribution in [3.05, 3.63) is 83.1 Å². The Morgan fingerprint density at radius 2 is 1.69 bits per heavy atom. The predicted molar refractivity (Wildman–Crippen MR) is 136 cm³/mol. The molecule has 204 valence electrons. The smallest absolute Gasteiger partial charge is 0.338 e. The van der Waals surface area contributed by atoms with Gasteiger partial charge in [0.2, 0.25) is 0 Å². The zero-order valence-electron chi connectivity index (χ0n) is 20.6. The number of rotatable bonds is 7. The molecule has 1 heterocycles. The third-order valence-electron chi connectivity index (χ3n) is 6.56. The first-order valence-corrected chi connectivity index (χ1v) is 12.2. The number of phenolic OH excluding ortho intramolecular Hbond substituents is 2. The third-order valence-corrected chi connectivity index (χ3v) is 6.56. The molecule has 1 saturated heterocycles. The van der Waals surface area contributed by atoms with Gasteiger partial charge in [-0.3, -0.25) is 14.4 Å². The molecule has 0 saturated carbocycles. The summed E-state index contributed by atoms with van der Waals surface area (Å²) in [4.78, 5) is 50.2. The minimum absolute atomic E-state index is 0.0117. The van der Waals surface area contributed by atoms with Crippen molar-refractivity contribution in [2.24, 2.45) is 11.8 Å². The van der Waals surface area contributed by atoms with E-state index in [1.165, 1.54) is 54.6 Å². The van der Waals surface area contributed by atoms with Gasteiger partial charge in [0.15, 0.2) is 5.78 Å². The van der Waals surface area contributed by atoms with Gasteiger partial charge in [0, 0.05) is 12.2 Å². The summed E-state index contributed by atoms with van der Waals surface area (Å²) in [6.45, 7) is 0.504. The average molecular weight is 538 g/mol. The molecule has 1 amide bonds. The Morgan fingerprint density at radius 3 is 2.38 bits per heavy atom. The van der Waals surface area contributed by atoms with Crippen molar-refractivity contribution in [1.82, 2.24) is 5.32 Å². The summed E-state index contributed by atoms with van der Waals surface area (Å²) in [5.74, 6) is -7.17. The number of aliphatic hydroxyl groups is 1. The summed E-state index contributed by atoms with van der Waals surface area (Å²) in [5, 5.41) is 42.3. The molecular formula is C28H27NO10. The number of allylic oxidation sites excluding steroid dienone is 3. The highest BCUT2D eigenvalue weighted by Crippen LogP contribution is 2.32. The number of ether oxygens (including phenoxy) is 2. The highest BCUT2D eigenvalue weighted by molar-refractivity contribution is 6.05. The van der Waals surface area contributed by atoms with E-state index in [0.29, 0.717) is 25.0 Å². The van der Waals surface area contributed by atoms with Crippen LogP contribution in [0.2, 0.25) is 0 Å². The summed E-state index contributed by atoms with van der Waals surface area (Å²) in [5.41, 5.74) is -0.0392. The van der Waals surface area contributed by atoms with Crippen molar-refractivity contribution in [2.45, 2.75) is 25.0 Å². The number of esters is 1. The van der Waals surface area contributed by atoms with Crippen molar-refractivity contribution < 1.29 is 49.1 Å². The Kier molecular flexibility index (Phi) is 8.30. The fraction of sp³-hybridized carbons (Fsp3) is 0.286. The maximum atomic E-state index is 13.0. The molecule has 2 aromatic carbocycles. The van der Waals surface area contributed by atoms with Crippen LogP contribution >= 0.6 is 0 Å². The highest BCUT2D eigenvalue weighted by Gasteiger charge is 2.38. The Morgan fingerprint density at radius 1 is 0.974 bits per heavy atom. The molecule has 4 atom stereocenters. The molecular weight excluding hydrogens is 510 g/mol. The predicted octanol–water partition coefficient (Wildman–Crippen LogP) is 2.74. The fourth-order valence-electron chi connectivity index (χ4n) is 4.48. The van der Waals surface area contributed by atoms with Crippen molar-refractivity contribution in [1.29, 1.82) is 0 Å². The van der Waals surface area contributed by atoms with Crippen LogP contribution in [0.15, 0.2) is 66.5 Å². The Labute approximate surface area is 223 Å². The van der Waals surface area contributed by atoms with Crippen molar-refractivity contribution in [2.75, 3.05) is 13.2 Å². The first kappa shape index (κ1) is 27.4. The van der Waals surface area contributed by atoms with Gasteiger partial charge >= 0.3 is 11.9 Å². The van der Waals surface area contributed by atoms with Crippen molar-refractivity contribution in [3.8, 4) is 11.5 Å². The summed E-state index contributed by atoms with van der Waals surface area (Å²) in [7, 11) is 0. The second kappa shape index (κ2) is 11.8. The van der Waals surface area contributed by atoms with E-state index in [-0.39, 0.29) is 23.5 Å². The summed E-state index contributed by atoms with van der Waals surface area (Å²) in [6.07, 6.45) is 4.01. The van der Waals surface area contributed by atoms with Gasteiger partial charge in [-0.1, -0.05) is 12.2 Å². The van der Waals surface area contributed by atoms with E-state index >= 15 is 0 Å². The van der Waals surface area contributed by atoms with Gasteiger partial charge in [-0.15, -0.1) is 0 Å². The number of Topliss-reactive ketones (excluding diaryl/α,β-unsaturated/α-hetero) is 1. The van der Waals surface area contributed by atoms with Gasteiger partial charge in [0.1, 0.15) is 23.4 Å². The van der Waals surface area contributed by atoms with Crippen LogP contribution < -0.4 is 5.32 Å². The number of carbonyl (C=O) groups is 4. The number of carbonyl (C=O) groups excluding carboxylic acids is 3. The molecule has 1 aliphatic carbocycles. The van der Waals surface area contributed by atoms with Gasteiger partial charge in [0.25, 0.3) is 5.91 Å². The summed E-state index contributed by atoms with van der Waals surface area (Å²) < 4.78 is 11.2. The van der Waals surface area contributed by atoms with Gasteiger partial charge in [-0.2, -0.15) is 0 Å². The molecule has 11 nitrogen and oxygen atoms in total. The molecule has 5 N–H and O–H groups in total. The van der Waals surface area contributed by atoms with Crippen LogP contribution in [0.25, 0.3) is 0 Å². The highest BCUT2D eigenvalue weighted by atomic mass is 16.5. The van der Waals surface area contributed by atoms with Crippen molar-refractivity contribution in [3.63, 3.8) is 0 Å². The molecule has 2 aromatic rings. The van der Waals surface area contributed by atoms with Gasteiger partial charge in [0.05, 0.1) is 35.6 Å². The van der Waals surface area contributed by atoms with Crippen LogP contribution in [0.3, 0.4) is 0 Å². The van der Waals surface area contributed by atoms with E-state index < -0.39 is 59.1 Å². The largest absolute Gasteiger partial charge is 0.512 e. The van der Waals surface area contributed by atoms with Gasteiger partial charge in [-0.25, -0.2) is 4.79 Å². The minimum atomic E-state index is -1.43. The lowest BCUT2D eigenvalue weighted by atomic mass is 9.81. The number of phenols is 2. The third kappa shape index (κ3) is 6.27. The van der Waals surface area contributed by atoms with Crippen LogP contribution in [0.4, 0.5) is 0 Å². The summed E-state index contributed by atoms with van der Waals surface area (Å²) >= 11 is 0. The Balaban J connectivity index is 1.48. The van der Waals surface area contributed by atoms with E-state index in [9.17, 15) is 39.6 Å². The molecule has 4 rings (SSSR count). The number of hydrogen-bond donors (Lipinski definition) is 5. The SMILES string of the molecule is O=C(N[C@@H]1COCCCC1OC(=O)c1ccc(C(=O)C2C(O)=CC=CC2C(=O)O)c(O)c1)c1ccc(O)cc1. The number of aliphatic hydroxyl groups excluding tert-OH is 1. The maximum absolute atomic E-state index is 13.0. The van der Waals surface area contributed by atoms with E-state index in [4.69, 9.17) is 9.47 Å². The van der Waals surface area contributed by atoms with E-state index in [1.807, 2.05) is 0 Å². The lowest BCUT2D eigenvalue weighted by Gasteiger charge is -2.26. The monoisotopic (exact) mass is 537 g/mol. The van der Waals surface area contributed by atoms with E-state index in [1.54, 1.807) is 0 Å². The maximum Gasteiger partial charge on any atom is 0.338 e. The molecule has 2 aliphatic rings. The molecule has 39 heavy (non-hydrogen) atoms. The molecule has 11 heteroatoms. The molecule has 0 spiro atoms. The normalized spacial score (nSPS) is 22.7. The summed E-state index contributed by atoms with van der Waals surface area (Å²) in [6, 6.07) is 8.43. The standard InChI is InChI=1S/C28H27NO10/c30-17-9-6-15(7-10-17)26(34)29-20-14-38-12-2-5-23(20)39-28(37)16-8-11-18(22(32)13-16)25(33)24-19(27(35)36)3-1-4-21(24)31/h1,3-4,6-11,13,19-20,23-24,30-32H,2,5,12,14H2,(H,29,34)(H,35,36)/t19?,20-,23?,24?/m1/s1. The molecule has 0 bridgehead atoms. The number of carboxylic acid groups (broad SMARTS) is 1. The number of carboxylic acids is 1. The average Bonchev–Trinajstić information content (AvgIpc) is 3.13. The van der Waals surface area contributed by atoms with Gasteiger partial charge < -0.3 is 35.2 Å². The van der Waals surface area contributed by atoms with Crippen LogP contribution in [-0.2, 0) is 14.3 Å². The van der Waals surface area contributed by atoms with Crippen LogP contribution in [0, 0.1) is 11.8 Å². The second-order valence-corrected chi connectivity index (χ2v) is 9.20. The number of benzene rings is 2. The molecule has 0 radical (unpaired) electrons. The first-order valence-electron chi connectivity index (χ1n) is 12.2. The molecule has 1 aliphatic heterocycles. The lowest BCUT2D eigenvalue weighted by molar-refractivity contribution is -0.141. The van der Waals surface area contributed by atoms with Crippen LogP contribution in [0.5, 0.6) is 11.5 Å². The number of aromatic hydroxyl groups is 2. The zero-order valence-corrected chi connectivity index (χ0v) is 20.6. The topological polar surface area (TPSA) is 180 Å². The number of aliphatic carboxylic acids is 1. The molecule has 1 fully saturated rings. The van der Waals surface area contributed by atoms with Crippen LogP contribution in [0.1, 0.15) is 43.9 Å². The number of nitrogens with one attached hydrogen (secondary N) is 1. The minimum Gasteiger partial charge on any atom is -0.512 e. The Hall–Kier alpha value is -4.64. The van der Waals surface area contributed by atoms with E-state index in [0.717, 1.165) is 6.07 Å². The number of hydrogen-bond acceptors (Lipinski definition) is 9. The van der Waals surface area contributed by atoms with Crippen molar-refractivity contribution >= 4 is 23.6 Å². The molecule has 0 aromatic heterocycles. The number of ketones is 1. The molecule has 3 unspecified atom stereocenters.